The van der Waals surface area contributed by atoms with Gasteiger partial charge in [-0.1, -0.05) is 18.5 Å². The zero-order valence-corrected chi connectivity index (χ0v) is 11.7. The van der Waals surface area contributed by atoms with Crippen molar-refractivity contribution in [3.05, 3.63) is 29.3 Å². The summed E-state index contributed by atoms with van der Waals surface area (Å²) in [6.45, 7) is 3.32. The van der Waals surface area contributed by atoms with Gasteiger partial charge in [-0.25, -0.2) is 0 Å². The maximum absolute atomic E-state index is 6.02. The molecule has 0 amide bonds. The molecule has 0 radical (unpaired) electrons. The average Bonchev–Trinajstić information content (AvgIpc) is 2.40. The summed E-state index contributed by atoms with van der Waals surface area (Å²) in [5.41, 5.74) is 0. The van der Waals surface area contributed by atoms with Gasteiger partial charge in [-0.3, -0.25) is 0 Å². The van der Waals surface area contributed by atoms with Gasteiger partial charge in [0.05, 0.1) is 0 Å². The van der Waals surface area contributed by atoms with Crippen molar-refractivity contribution >= 4 is 11.6 Å². The zero-order valence-electron chi connectivity index (χ0n) is 11.0. The van der Waals surface area contributed by atoms with Crippen molar-refractivity contribution < 1.29 is 4.74 Å². The zero-order chi connectivity index (χ0) is 12.8. The molecule has 18 heavy (non-hydrogen) atoms. The predicted molar refractivity (Wildman–Crippen MR) is 76.4 cm³/mol. The van der Waals surface area contributed by atoms with E-state index in [1.165, 1.54) is 19.3 Å². The van der Waals surface area contributed by atoms with E-state index in [1.54, 1.807) is 0 Å². The van der Waals surface area contributed by atoms with Crippen LogP contribution in [-0.4, -0.2) is 18.7 Å². The molecule has 2 atom stereocenters. The molecule has 0 bridgehead atoms. The Kier molecular flexibility index (Phi) is 5.33. The second-order valence-corrected chi connectivity index (χ2v) is 5.45. The first-order valence-electron chi connectivity index (χ1n) is 6.93. The van der Waals surface area contributed by atoms with Gasteiger partial charge in [-0.05, 0) is 62.9 Å². The lowest BCUT2D eigenvalue weighted by atomic mass is 9.92. The van der Waals surface area contributed by atoms with Gasteiger partial charge in [0.1, 0.15) is 11.9 Å². The van der Waals surface area contributed by atoms with Crippen LogP contribution in [0, 0.1) is 0 Å². The molecule has 2 rings (SSSR count). The van der Waals surface area contributed by atoms with Crippen LogP contribution in [0.25, 0.3) is 0 Å². The number of hydrogen-bond donors (Lipinski definition) is 1. The first-order chi connectivity index (χ1) is 8.78. The van der Waals surface area contributed by atoms with Crippen molar-refractivity contribution in [1.82, 2.24) is 5.32 Å². The highest BCUT2D eigenvalue weighted by Gasteiger charge is 2.22. The Morgan fingerprint density at radius 3 is 2.78 bits per heavy atom. The van der Waals surface area contributed by atoms with Crippen LogP contribution in [0.1, 0.15) is 39.0 Å². The molecule has 1 aliphatic carbocycles. The number of ether oxygens (including phenoxy) is 1. The molecular formula is C15H22ClNO. The second-order valence-electron chi connectivity index (χ2n) is 5.01. The lowest BCUT2D eigenvalue weighted by Crippen LogP contribution is -2.38. The molecule has 3 heteroatoms. The molecule has 2 unspecified atom stereocenters. The van der Waals surface area contributed by atoms with E-state index in [0.717, 1.165) is 30.2 Å². The minimum Gasteiger partial charge on any atom is -0.490 e. The largest absolute Gasteiger partial charge is 0.490 e. The summed E-state index contributed by atoms with van der Waals surface area (Å²) in [4.78, 5) is 0. The molecule has 2 nitrogen and oxygen atoms in total. The van der Waals surface area contributed by atoms with Crippen LogP contribution in [0.3, 0.4) is 0 Å². The van der Waals surface area contributed by atoms with E-state index in [2.05, 4.69) is 12.2 Å². The molecule has 1 aromatic carbocycles. The van der Waals surface area contributed by atoms with Crippen LogP contribution in [0.5, 0.6) is 5.75 Å². The maximum Gasteiger partial charge on any atom is 0.119 e. The summed E-state index contributed by atoms with van der Waals surface area (Å²) < 4.78 is 6.02. The Hall–Kier alpha value is -0.730. The van der Waals surface area contributed by atoms with Crippen LogP contribution in [0.2, 0.25) is 5.02 Å². The third-order valence-electron chi connectivity index (χ3n) is 3.43. The van der Waals surface area contributed by atoms with Crippen molar-refractivity contribution in [2.75, 3.05) is 6.54 Å². The van der Waals surface area contributed by atoms with E-state index < -0.39 is 0 Å². The van der Waals surface area contributed by atoms with Gasteiger partial charge in [0.2, 0.25) is 0 Å². The third-order valence-corrected chi connectivity index (χ3v) is 3.68. The normalized spacial score (nSPS) is 23.9. The Labute approximate surface area is 115 Å². The van der Waals surface area contributed by atoms with Crippen LogP contribution in [-0.2, 0) is 0 Å². The van der Waals surface area contributed by atoms with Gasteiger partial charge in [-0.15, -0.1) is 0 Å². The predicted octanol–water partition coefficient (Wildman–Crippen LogP) is 4.03. The van der Waals surface area contributed by atoms with Crippen molar-refractivity contribution in [1.29, 1.82) is 0 Å². The van der Waals surface area contributed by atoms with E-state index in [4.69, 9.17) is 16.3 Å². The Bertz CT molecular complexity index is 352. The number of benzene rings is 1. The fraction of sp³-hybridized carbons (Fsp3) is 0.600. The van der Waals surface area contributed by atoms with Crippen LogP contribution >= 0.6 is 11.6 Å². The highest BCUT2D eigenvalue weighted by Crippen LogP contribution is 2.24. The quantitative estimate of drug-likeness (QED) is 0.870. The third kappa shape index (κ3) is 4.18. The molecule has 0 heterocycles. The van der Waals surface area contributed by atoms with Crippen molar-refractivity contribution in [3.8, 4) is 5.75 Å². The molecule has 1 aromatic rings. The lowest BCUT2D eigenvalue weighted by molar-refractivity contribution is 0.135. The van der Waals surface area contributed by atoms with Gasteiger partial charge >= 0.3 is 0 Å². The lowest BCUT2D eigenvalue weighted by Gasteiger charge is -2.30. The van der Waals surface area contributed by atoms with Crippen molar-refractivity contribution in [2.24, 2.45) is 0 Å². The summed E-state index contributed by atoms with van der Waals surface area (Å²) in [7, 11) is 0. The first-order valence-corrected chi connectivity index (χ1v) is 7.31. The topological polar surface area (TPSA) is 21.3 Å². The standard InChI is InChI=1S/C15H22ClNO/c1-2-10-17-13-4-3-5-15(11-13)18-14-8-6-12(16)7-9-14/h6-9,13,15,17H,2-5,10-11H2,1H3. The summed E-state index contributed by atoms with van der Waals surface area (Å²) in [6.07, 6.45) is 6.34. The molecule has 1 aliphatic rings. The maximum atomic E-state index is 6.02. The molecule has 1 N–H and O–H groups in total. The highest BCUT2D eigenvalue weighted by atomic mass is 35.5. The van der Waals surface area contributed by atoms with Crippen molar-refractivity contribution in [3.63, 3.8) is 0 Å². The van der Waals surface area contributed by atoms with Crippen molar-refractivity contribution in [2.45, 2.75) is 51.2 Å². The fourth-order valence-corrected chi connectivity index (χ4v) is 2.62. The number of hydrogen-bond acceptors (Lipinski definition) is 2. The molecule has 100 valence electrons. The Morgan fingerprint density at radius 1 is 1.28 bits per heavy atom. The monoisotopic (exact) mass is 267 g/mol. The number of halogens is 1. The molecule has 0 aliphatic heterocycles. The smallest absolute Gasteiger partial charge is 0.119 e. The summed E-state index contributed by atoms with van der Waals surface area (Å²) in [5.74, 6) is 0.931. The molecular weight excluding hydrogens is 246 g/mol. The number of nitrogens with one attached hydrogen (secondary N) is 1. The van der Waals surface area contributed by atoms with Gasteiger partial charge in [0.15, 0.2) is 0 Å². The van der Waals surface area contributed by atoms with Gasteiger partial charge in [-0.2, -0.15) is 0 Å². The summed E-state index contributed by atoms with van der Waals surface area (Å²) in [5, 5.41) is 4.35. The highest BCUT2D eigenvalue weighted by molar-refractivity contribution is 6.30. The molecule has 1 saturated carbocycles. The van der Waals surface area contributed by atoms with Gasteiger partial charge < -0.3 is 10.1 Å². The Balaban J connectivity index is 1.83. The van der Waals surface area contributed by atoms with E-state index >= 15 is 0 Å². The first kappa shape index (κ1) is 13.7. The van der Waals surface area contributed by atoms with Crippen LogP contribution < -0.4 is 10.1 Å². The van der Waals surface area contributed by atoms with Crippen LogP contribution in [0.4, 0.5) is 0 Å². The minimum absolute atomic E-state index is 0.342. The Morgan fingerprint density at radius 2 is 2.06 bits per heavy atom. The van der Waals surface area contributed by atoms with E-state index in [9.17, 15) is 0 Å². The average molecular weight is 268 g/mol. The molecule has 1 fully saturated rings. The number of rotatable bonds is 5. The second kappa shape index (κ2) is 7.01. The summed E-state index contributed by atoms with van der Waals surface area (Å²) >= 11 is 5.87. The molecule has 0 saturated heterocycles. The van der Waals surface area contributed by atoms with E-state index in [-0.39, 0.29) is 0 Å². The summed E-state index contributed by atoms with van der Waals surface area (Å²) in [6, 6.07) is 8.28. The van der Waals surface area contributed by atoms with E-state index in [0.29, 0.717) is 12.1 Å². The SMILES string of the molecule is CCCNC1CCCC(Oc2ccc(Cl)cc2)C1. The van der Waals surface area contributed by atoms with Crippen LogP contribution in [0.15, 0.2) is 24.3 Å². The van der Waals surface area contributed by atoms with E-state index in [1.807, 2.05) is 24.3 Å². The minimum atomic E-state index is 0.342. The molecule has 0 aromatic heterocycles. The van der Waals surface area contributed by atoms with Gasteiger partial charge in [0, 0.05) is 11.1 Å². The fourth-order valence-electron chi connectivity index (χ4n) is 2.49. The van der Waals surface area contributed by atoms with Gasteiger partial charge in [0.25, 0.3) is 0 Å². The molecule has 0 spiro atoms.